The molecular formula is C28H32N2O4. The molecule has 178 valence electrons. The van der Waals surface area contributed by atoms with Gasteiger partial charge in [0, 0.05) is 48.8 Å². The molecule has 3 heterocycles. The van der Waals surface area contributed by atoms with Gasteiger partial charge in [-0.2, -0.15) is 0 Å². The summed E-state index contributed by atoms with van der Waals surface area (Å²) in [6.45, 7) is 9.94. The van der Waals surface area contributed by atoms with Crippen molar-refractivity contribution < 1.29 is 19.4 Å². The number of benzene rings is 2. The van der Waals surface area contributed by atoms with Crippen LogP contribution in [0.2, 0.25) is 0 Å². The number of ether oxygens (including phenoxy) is 2. The highest BCUT2D eigenvalue weighted by Crippen LogP contribution is 2.41. The Hall–Kier alpha value is -3.25. The van der Waals surface area contributed by atoms with E-state index in [2.05, 4.69) is 30.2 Å². The number of aryl methyl sites for hydroxylation is 1. The summed E-state index contributed by atoms with van der Waals surface area (Å²) in [5, 5.41) is 11.7. The lowest BCUT2D eigenvalue weighted by Crippen LogP contribution is -2.38. The van der Waals surface area contributed by atoms with Gasteiger partial charge >= 0.3 is 0 Å². The van der Waals surface area contributed by atoms with Gasteiger partial charge in [0.1, 0.15) is 17.2 Å². The van der Waals surface area contributed by atoms with E-state index >= 15 is 0 Å². The number of hydrogen-bond donors (Lipinski definition) is 1. The van der Waals surface area contributed by atoms with Crippen LogP contribution < -0.4 is 9.47 Å². The summed E-state index contributed by atoms with van der Waals surface area (Å²) in [5.41, 5.74) is 3.17. The highest BCUT2D eigenvalue weighted by molar-refractivity contribution is 6.15. The van der Waals surface area contributed by atoms with E-state index in [4.69, 9.17) is 9.47 Å². The molecule has 6 nitrogen and oxygen atoms in total. The number of nitrogens with zero attached hydrogens (tertiary/aromatic N) is 2. The van der Waals surface area contributed by atoms with E-state index in [1.807, 2.05) is 30.5 Å². The van der Waals surface area contributed by atoms with Crippen LogP contribution in [-0.4, -0.2) is 40.6 Å². The number of phenols is 1. The summed E-state index contributed by atoms with van der Waals surface area (Å²) in [4.78, 5) is 15.6. The Kier molecular flexibility index (Phi) is 5.86. The van der Waals surface area contributed by atoms with Gasteiger partial charge in [-0.25, -0.2) is 0 Å². The first-order chi connectivity index (χ1) is 16.4. The van der Waals surface area contributed by atoms with Crippen LogP contribution in [0.15, 0.2) is 42.3 Å². The maximum Gasteiger partial charge on any atom is 0.231 e. The van der Waals surface area contributed by atoms with Gasteiger partial charge in [-0.1, -0.05) is 13.8 Å². The highest BCUT2D eigenvalue weighted by atomic mass is 16.5. The van der Waals surface area contributed by atoms with E-state index < -0.39 is 0 Å². The molecule has 1 fully saturated rings. The van der Waals surface area contributed by atoms with Crippen LogP contribution in [0.25, 0.3) is 17.0 Å². The topological polar surface area (TPSA) is 63.9 Å². The Bertz CT molecular complexity index is 1280. The molecule has 0 radical (unpaired) electrons. The van der Waals surface area contributed by atoms with Crippen molar-refractivity contribution in [3.63, 3.8) is 0 Å². The number of ketones is 1. The molecular weight excluding hydrogens is 428 g/mol. The fraction of sp³-hybridized carbons (Fsp3) is 0.393. The van der Waals surface area contributed by atoms with Crippen molar-refractivity contribution in [3.8, 4) is 17.2 Å². The van der Waals surface area contributed by atoms with Crippen molar-refractivity contribution in [3.05, 3.63) is 59.0 Å². The molecule has 34 heavy (non-hydrogen) atoms. The van der Waals surface area contributed by atoms with Crippen molar-refractivity contribution in [1.29, 1.82) is 0 Å². The molecule has 2 aliphatic rings. The van der Waals surface area contributed by atoms with Gasteiger partial charge in [0.25, 0.3) is 0 Å². The Morgan fingerprint density at radius 1 is 1.18 bits per heavy atom. The zero-order valence-electron chi connectivity index (χ0n) is 20.3. The van der Waals surface area contributed by atoms with Crippen LogP contribution in [0.1, 0.15) is 48.7 Å². The minimum absolute atomic E-state index is 0.156. The Morgan fingerprint density at radius 2 is 1.94 bits per heavy atom. The maximum atomic E-state index is 13.3. The van der Waals surface area contributed by atoms with Crippen molar-refractivity contribution in [2.45, 2.75) is 40.3 Å². The zero-order valence-corrected chi connectivity index (χ0v) is 20.3. The van der Waals surface area contributed by atoms with Gasteiger partial charge in [0.2, 0.25) is 5.78 Å². The molecule has 0 bridgehead atoms. The van der Waals surface area contributed by atoms with Gasteiger partial charge in [0.05, 0.1) is 18.2 Å². The third-order valence-electron chi connectivity index (χ3n) is 6.99. The fourth-order valence-electron chi connectivity index (χ4n) is 5.54. The molecule has 2 aromatic carbocycles. The standard InChI is InChI=1S/C28H32N2O4/c1-5-30-15-19(22-12-20(33-4)6-8-24(22)30)11-26-27(32)21-7-9-25(31)23(28(21)34-26)16-29-13-17(2)10-18(3)14-29/h6-9,11-12,15,17-18,31H,5,10,13-14,16H2,1-4H3/b26-11-/t17-,18-/m1/s1. The summed E-state index contributed by atoms with van der Waals surface area (Å²) in [5.74, 6) is 2.75. The van der Waals surface area contributed by atoms with E-state index in [1.54, 1.807) is 19.2 Å². The normalized spacial score (nSPS) is 21.8. The molecule has 1 saturated heterocycles. The number of fused-ring (bicyclic) bond motifs is 2. The van der Waals surface area contributed by atoms with E-state index in [-0.39, 0.29) is 17.3 Å². The van der Waals surface area contributed by atoms with Crippen LogP contribution in [0, 0.1) is 11.8 Å². The summed E-state index contributed by atoms with van der Waals surface area (Å²) < 4.78 is 13.7. The molecule has 3 aromatic rings. The molecule has 5 rings (SSSR count). The number of Topliss-reactive ketones (excluding diaryl/α,β-unsaturated/α-hetero) is 1. The summed E-state index contributed by atoms with van der Waals surface area (Å²) in [6.07, 6.45) is 5.06. The number of aromatic hydroxyl groups is 1. The number of rotatable bonds is 5. The first-order valence-corrected chi connectivity index (χ1v) is 12.1. The molecule has 0 unspecified atom stereocenters. The van der Waals surface area contributed by atoms with E-state index in [1.165, 1.54) is 6.42 Å². The number of likely N-dealkylation sites (tertiary alicyclic amines) is 1. The molecule has 0 aliphatic carbocycles. The number of phenolic OH excluding ortho intramolecular Hbond substituents is 1. The number of hydrogen-bond acceptors (Lipinski definition) is 5. The molecule has 0 spiro atoms. The molecule has 0 amide bonds. The highest BCUT2D eigenvalue weighted by Gasteiger charge is 2.33. The van der Waals surface area contributed by atoms with Crippen LogP contribution in [0.3, 0.4) is 0 Å². The summed E-state index contributed by atoms with van der Waals surface area (Å²) in [7, 11) is 1.65. The lowest BCUT2D eigenvalue weighted by atomic mass is 9.91. The van der Waals surface area contributed by atoms with Crippen LogP contribution in [0.5, 0.6) is 17.2 Å². The lowest BCUT2D eigenvalue weighted by Gasteiger charge is -2.35. The Balaban J connectivity index is 1.51. The van der Waals surface area contributed by atoms with Crippen molar-refractivity contribution in [2.75, 3.05) is 20.2 Å². The fourth-order valence-corrected chi connectivity index (χ4v) is 5.54. The second-order valence-corrected chi connectivity index (χ2v) is 9.77. The molecule has 0 saturated carbocycles. The first kappa shape index (κ1) is 22.5. The van der Waals surface area contributed by atoms with Crippen molar-refractivity contribution in [2.24, 2.45) is 11.8 Å². The van der Waals surface area contributed by atoms with E-state index in [9.17, 15) is 9.90 Å². The third-order valence-corrected chi connectivity index (χ3v) is 6.99. The molecule has 1 N–H and O–H groups in total. The number of allylic oxidation sites excluding steroid dienone is 1. The minimum Gasteiger partial charge on any atom is -0.507 e. The number of aromatic nitrogens is 1. The SMILES string of the molecule is CCn1cc(/C=C2\Oc3c(ccc(O)c3CN3C[C@H](C)C[C@@H](C)C3)C2=O)c2cc(OC)ccc21. The van der Waals surface area contributed by atoms with Gasteiger partial charge in [-0.3, -0.25) is 9.69 Å². The average Bonchev–Trinajstić information content (AvgIpc) is 3.32. The largest absolute Gasteiger partial charge is 0.507 e. The number of carbonyl (C=O) groups excluding carboxylic acids is 1. The first-order valence-electron chi connectivity index (χ1n) is 12.1. The predicted octanol–water partition coefficient (Wildman–Crippen LogP) is 5.47. The summed E-state index contributed by atoms with van der Waals surface area (Å²) >= 11 is 0. The average molecular weight is 461 g/mol. The van der Waals surface area contributed by atoms with Crippen molar-refractivity contribution in [1.82, 2.24) is 9.47 Å². The molecule has 2 aliphatic heterocycles. The lowest BCUT2D eigenvalue weighted by molar-refractivity contribution is 0.101. The van der Waals surface area contributed by atoms with Gasteiger partial charge in [-0.15, -0.1) is 0 Å². The number of carbonyl (C=O) groups is 1. The third kappa shape index (κ3) is 3.96. The van der Waals surface area contributed by atoms with E-state index in [0.29, 0.717) is 35.3 Å². The minimum atomic E-state index is -0.156. The summed E-state index contributed by atoms with van der Waals surface area (Å²) in [6, 6.07) is 9.23. The Labute approximate surface area is 200 Å². The Morgan fingerprint density at radius 3 is 2.65 bits per heavy atom. The number of piperidine rings is 1. The van der Waals surface area contributed by atoms with Crippen LogP contribution >= 0.6 is 0 Å². The molecule has 2 atom stereocenters. The molecule has 6 heteroatoms. The second-order valence-electron chi connectivity index (χ2n) is 9.77. The predicted molar refractivity (Wildman–Crippen MR) is 133 cm³/mol. The van der Waals surface area contributed by atoms with Gasteiger partial charge < -0.3 is 19.1 Å². The second kappa shape index (κ2) is 8.84. The van der Waals surface area contributed by atoms with Crippen LogP contribution in [-0.2, 0) is 13.1 Å². The van der Waals surface area contributed by atoms with Crippen molar-refractivity contribution >= 4 is 22.8 Å². The number of methoxy groups -OCH3 is 1. The zero-order chi connectivity index (χ0) is 24.0. The van der Waals surface area contributed by atoms with Crippen LogP contribution in [0.4, 0.5) is 0 Å². The quantitative estimate of drug-likeness (QED) is 0.512. The smallest absolute Gasteiger partial charge is 0.231 e. The molecule has 1 aromatic heterocycles. The van der Waals surface area contributed by atoms with E-state index in [0.717, 1.165) is 41.9 Å². The van der Waals surface area contributed by atoms with Gasteiger partial charge in [-0.05, 0) is 61.6 Å². The van der Waals surface area contributed by atoms with Gasteiger partial charge in [0.15, 0.2) is 5.76 Å². The monoisotopic (exact) mass is 460 g/mol. The maximum absolute atomic E-state index is 13.3.